The van der Waals surface area contributed by atoms with E-state index in [2.05, 4.69) is 34.0 Å². The van der Waals surface area contributed by atoms with Crippen molar-refractivity contribution in [3.05, 3.63) is 0 Å². The van der Waals surface area contributed by atoms with Crippen molar-refractivity contribution in [3.63, 3.8) is 0 Å². The molecular weight excluding hydrogens is 467 g/mol. The summed E-state index contributed by atoms with van der Waals surface area (Å²) in [4.78, 5) is 9.50. The Bertz CT molecular complexity index is 421. The minimum absolute atomic E-state index is 0. The number of hydrogen-bond donors (Lipinski definition) is 1. The lowest BCUT2D eigenvalue weighted by Gasteiger charge is -2.35. The highest BCUT2D eigenvalue weighted by Gasteiger charge is 2.23. The van der Waals surface area contributed by atoms with Gasteiger partial charge in [-0.3, -0.25) is 4.99 Å². The number of guanidine groups is 1. The molecule has 0 aromatic carbocycles. The maximum absolute atomic E-state index is 5.96. The molecule has 0 bridgehead atoms. The van der Waals surface area contributed by atoms with Gasteiger partial charge in [-0.1, -0.05) is 13.8 Å². The number of ether oxygens (including phenoxy) is 2. The molecule has 6 nitrogen and oxygen atoms in total. The Morgan fingerprint density at radius 2 is 1.75 bits per heavy atom. The van der Waals surface area contributed by atoms with Gasteiger partial charge in [0.25, 0.3) is 0 Å². The number of piperidine rings is 2. The number of hydrogen-bond acceptors (Lipinski definition) is 4. The van der Waals surface area contributed by atoms with Gasteiger partial charge in [-0.05, 0) is 50.5 Å². The van der Waals surface area contributed by atoms with Crippen LogP contribution in [-0.2, 0) is 9.47 Å². The molecule has 2 heterocycles. The Labute approximate surface area is 189 Å². The van der Waals surface area contributed by atoms with Crippen molar-refractivity contribution in [2.24, 2.45) is 16.8 Å². The second kappa shape index (κ2) is 14.8. The number of methoxy groups -OCH3 is 1. The van der Waals surface area contributed by atoms with E-state index in [1.54, 1.807) is 7.11 Å². The Morgan fingerprint density at radius 1 is 1.07 bits per heavy atom. The van der Waals surface area contributed by atoms with E-state index in [0.717, 1.165) is 69.9 Å². The third kappa shape index (κ3) is 9.59. The Balaban J connectivity index is 0.00000392. The van der Waals surface area contributed by atoms with Crippen LogP contribution in [0, 0.1) is 11.8 Å². The van der Waals surface area contributed by atoms with Gasteiger partial charge in [-0.2, -0.15) is 0 Å². The van der Waals surface area contributed by atoms with Gasteiger partial charge in [0.1, 0.15) is 0 Å². The molecule has 2 aliphatic heterocycles. The molecule has 28 heavy (non-hydrogen) atoms. The first-order valence-electron chi connectivity index (χ1n) is 10.9. The summed E-state index contributed by atoms with van der Waals surface area (Å²) in [7, 11) is 3.63. The molecule has 2 atom stereocenters. The highest BCUT2D eigenvalue weighted by molar-refractivity contribution is 14.0. The number of halogens is 1. The summed E-state index contributed by atoms with van der Waals surface area (Å²) in [5.41, 5.74) is 0. The topological polar surface area (TPSA) is 49.3 Å². The van der Waals surface area contributed by atoms with E-state index in [9.17, 15) is 0 Å². The zero-order valence-corrected chi connectivity index (χ0v) is 20.8. The molecule has 2 aliphatic rings. The molecule has 2 fully saturated rings. The molecule has 2 rings (SSSR count). The Hall–Kier alpha value is -0.120. The molecule has 0 saturated carbocycles. The lowest BCUT2D eigenvalue weighted by Crippen LogP contribution is -2.47. The standard InChI is InChI=1S/C21H42N4O2.HI/c1-18-15-19(2)17-24(16-18)10-5-9-23-21(22-3)25-11-7-20(8-12-25)27-14-6-13-26-4;/h18-20H,5-17H2,1-4H3,(H,22,23);1H. The maximum Gasteiger partial charge on any atom is 0.193 e. The van der Waals surface area contributed by atoms with Crippen LogP contribution in [0.2, 0.25) is 0 Å². The highest BCUT2D eigenvalue weighted by Crippen LogP contribution is 2.20. The number of nitrogens with one attached hydrogen (secondary N) is 1. The molecule has 1 N–H and O–H groups in total. The summed E-state index contributed by atoms with van der Waals surface area (Å²) in [6, 6.07) is 0. The van der Waals surface area contributed by atoms with E-state index in [1.165, 1.54) is 32.5 Å². The van der Waals surface area contributed by atoms with Crippen LogP contribution in [0.4, 0.5) is 0 Å². The predicted molar refractivity (Wildman–Crippen MR) is 128 cm³/mol. The van der Waals surface area contributed by atoms with Gasteiger partial charge in [-0.15, -0.1) is 24.0 Å². The van der Waals surface area contributed by atoms with Crippen molar-refractivity contribution in [1.82, 2.24) is 15.1 Å². The summed E-state index contributed by atoms with van der Waals surface area (Å²) < 4.78 is 11.0. The third-order valence-electron chi connectivity index (χ3n) is 5.68. The lowest BCUT2D eigenvalue weighted by molar-refractivity contribution is 0.00990. The first-order valence-corrected chi connectivity index (χ1v) is 10.9. The average molecular weight is 511 g/mol. The summed E-state index contributed by atoms with van der Waals surface area (Å²) in [6.45, 7) is 13.1. The number of rotatable bonds is 9. The van der Waals surface area contributed by atoms with Gasteiger partial charge < -0.3 is 24.6 Å². The smallest absolute Gasteiger partial charge is 0.193 e. The van der Waals surface area contributed by atoms with Crippen LogP contribution in [0.3, 0.4) is 0 Å². The molecule has 166 valence electrons. The molecule has 7 heteroatoms. The SMILES string of the molecule is CN=C(NCCCN1CC(C)CC(C)C1)N1CCC(OCCCOC)CC1.I. The molecular formula is C21H43IN4O2. The fraction of sp³-hybridized carbons (Fsp3) is 0.952. The molecule has 2 unspecified atom stereocenters. The number of nitrogens with zero attached hydrogens (tertiary/aromatic N) is 3. The van der Waals surface area contributed by atoms with Gasteiger partial charge in [0.15, 0.2) is 5.96 Å². The van der Waals surface area contributed by atoms with Crippen LogP contribution in [0.25, 0.3) is 0 Å². The predicted octanol–water partition coefficient (Wildman–Crippen LogP) is 3.07. The van der Waals surface area contributed by atoms with Crippen LogP contribution in [0.15, 0.2) is 4.99 Å². The van der Waals surface area contributed by atoms with Crippen molar-refractivity contribution < 1.29 is 9.47 Å². The molecule has 0 aliphatic carbocycles. The fourth-order valence-corrected chi connectivity index (χ4v) is 4.50. The van der Waals surface area contributed by atoms with Gasteiger partial charge in [-0.25, -0.2) is 0 Å². The maximum atomic E-state index is 5.96. The zero-order valence-electron chi connectivity index (χ0n) is 18.5. The van der Waals surface area contributed by atoms with Gasteiger partial charge in [0.2, 0.25) is 0 Å². The number of likely N-dealkylation sites (tertiary alicyclic amines) is 2. The summed E-state index contributed by atoms with van der Waals surface area (Å²) in [5, 5.41) is 3.57. The Morgan fingerprint density at radius 3 is 2.36 bits per heavy atom. The Kier molecular flexibility index (Phi) is 13.7. The highest BCUT2D eigenvalue weighted by atomic mass is 127. The molecule has 0 spiro atoms. The van der Waals surface area contributed by atoms with Crippen molar-refractivity contribution in [2.75, 3.05) is 66.6 Å². The van der Waals surface area contributed by atoms with Gasteiger partial charge >= 0.3 is 0 Å². The van der Waals surface area contributed by atoms with E-state index in [1.807, 2.05) is 7.05 Å². The normalized spacial score (nSPS) is 24.9. The first-order chi connectivity index (χ1) is 13.1. The van der Waals surface area contributed by atoms with E-state index in [0.29, 0.717) is 6.10 Å². The quantitative estimate of drug-likeness (QED) is 0.224. The lowest BCUT2D eigenvalue weighted by atomic mass is 9.92. The van der Waals surface area contributed by atoms with Crippen LogP contribution in [-0.4, -0.2) is 88.5 Å². The second-order valence-electron chi connectivity index (χ2n) is 8.44. The van der Waals surface area contributed by atoms with E-state index >= 15 is 0 Å². The summed E-state index contributed by atoms with van der Waals surface area (Å²) in [5.74, 6) is 2.73. The molecule has 0 amide bonds. The minimum Gasteiger partial charge on any atom is -0.385 e. The summed E-state index contributed by atoms with van der Waals surface area (Å²) in [6.07, 6.45) is 6.09. The minimum atomic E-state index is 0. The van der Waals surface area contributed by atoms with Crippen LogP contribution in [0.1, 0.15) is 46.0 Å². The largest absolute Gasteiger partial charge is 0.385 e. The van der Waals surface area contributed by atoms with Crippen LogP contribution >= 0.6 is 24.0 Å². The third-order valence-corrected chi connectivity index (χ3v) is 5.68. The van der Waals surface area contributed by atoms with Gasteiger partial charge in [0.05, 0.1) is 6.10 Å². The fourth-order valence-electron chi connectivity index (χ4n) is 4.50. The van der Waals surface area contributed by atoms with Gasteiger partial charge in [0, 0.05) is 60.1 Å². The van der Waals surface area contributed by atoms with Crippen LogP contribution < -0.4 is 5.32 Å². The monoisotopic (exact) mass is 510 g/mol. The molecule has 2 saturated heterocycles. The molecule has 0 aromatic rings. The van der Waals surface area contributed by atoms with Crippen molar-refractivity contribution in [1.29, 1.82) is 0 Å². The molecule has 0 aromatic heterocycles. The van der Waals surface area contributed by atoms with E-state index < -0.39 is 0 Å². The zero-order chi connectivity index (χ0) is 19.5. The van der Waals surface area contributed by atoms with Crippen molar-refractivity contribution in [3.8, 4) is 0 Å². The average Bonchev–Trinajstić information content (AvgIpc) is 2.65. The number of aliphatic imine (C=N–C) groups is 1. The molecule has 0 radical (unpaired) electrons. The van der Waals surface area contributed by atoms with Crippen molar-refractivity contribution >= 4 is 29.9 Å². The first kappa shape index (κ1) is 25.9. The second-order valence-corrected chi connectivity index (χ2v) is 8.44. The van der Waals surface area contributed by atoms with Crippen molar-refractivity contribution in [2.45, 2.75) is 52.1 Å². The van der Waals surface area contributed by atoms with Crippen LogP contribution in [0.5, 0.6) is 0 Å². The van der Waals surface area contributed by atoms with E-state index in [4.69, 9.17) is 9.47 Å². The summed E-state index contributed by atoms with van der Waals surface area (Å²) >= 11 is 0. The van der Waals surface area contributed by atoms with E-state index in [-0.39, 0.29) is 24.0 Å².